The van der Waals surface area contributed by atoms with Gasteiger partial charge in [0, 0.05) is 11.6 Å². The first-order valence-electron chi connectivity index (χ1n) is 6.89. The zero-order valence-corrected chi connectivity index (χ0v) is 13.2. The third kappa shape index (κ3) is 3.80. The third-order valence-corrected chi connectivity index (χ3v) is 4.66. The molecule has 0 bridgehead atoms. The molecule has 0 saturated heterocycles. The Bertz CT molecular complexity index is 787. The van der Waals surface area contributed by atoms with Gasteiger partial charge in [0.05, 0.1) is 10.4 Å². The molecule has 0 spiro atoms. The standard InChI is InChI=1S/C15H18N2O4S/c1-10(2)8-14(15(18)19)17-22(20,21)12-5-6-13-11(9-12)4-3-7-16-13/h3-7,9-10,14,17H,8H2,1-2H3,(H,18,19)/t14-/m1/s1. The number of carboxylic acids is 1. The highest BCUT2D eigenvalue weighted by Gasteiger charge is 2.26. The first kappa shape index (κ1) is 16.4. The molecule has 118 valence electrons. The van der Waals surface area contributed by atoms with Crippen molar-refractivity contribution < 1.29 is 18.3 Å². The van der Waals surface area contributed by atoms with Crippen LogP contribution in [0.3, 0.4) is 0 Å². The van der Waals surface area contributed by atoms with Crippen molar-refractivity contribution in [3.05, 3.63) is 36.5 Å². The fraction of sp³-hybridized carbons (Fsp3) is 0.333. The number of sulfonamides is 1. The van der Waals surface area contributed by atoms with Crippen LogP contribution >= 0.6 is 0 Å². The fourth-order valence-corrected chi connectivity index (χ4v) is 3.38. The molecule has 1 atom stereocenters. The summed E-state index contributed by atoms with van der Waals surface area (Å²) in [6, 6.07) is 6.83. The summed E-state index contributed by atoms with van der Waals surface area (Å²) >= 11 is 0. The highest BCUT2D eigenvalue weighted by molar-refractivity contribution is 7.89. The van der Waals surface area contributed by atoms with Crippen LogP contribution in [0, 0.1) is 5.92 Å². The van der Waals surface area contributed by atoms with E-state index in [1.165, 1.54) is 12.1 Å². The molecule has 2 rings (SSSR count). The van der Waals surface area contributed by atoms with Gasteiger partial charge in [-0.25, -0.2) is 8.42 Å². The van der Waals surface area contributed by atoms with Crippen molar-refractivity contribution in [2.24, 2.45) is 5.92 Å². The highest BCUT2D eigenvalue weighted by atomic mass is 32.2. The van der Waals surface area contributed by atoms with Crippen LogP contribution in [0.25, 0.3) is 10.9 Å². The van der Waals surface area contributed by atoms with E-state index >= 15 is 0 Å². The Kier molecular flexibility index (Phi) is 4.77. The predicted octanol–water partition coefficient (Wildman–Crippen LogP) is 2.01. The van der Waals surface area contributed by atoms with Crippen LogP contribution in [-0.2, 0) is 14.8 Å². The molecule has 0 aliphatic heterocycles. The van der Waals surface area contributed by atoms with E-state index < -0.39 is 22.0 Å². The van der Waals surface area contributed by atoms with Gasteiger partial charge in [-0.1, -0.05) is 19.9 Å². The number of aromatic nitrogens is 1. The molecular weight excluding hydrogens is 304 g/mol. The minimum Gasteiger partial charge on any atom is -0.480 e. The molecule has 1 aromatic heterocycles. The molecule has 7 heteroatoms. The highest BCUT2D eigenvalue weighted by Crippen LogP contribution is 2.18. The smallest absolute Gasteiger partial charge is 0.321 e. The molecule has 0 saturated carbocycles. The van der Waals surface area contributed by atoms with Gasteiger partial charge >= 0.3 is 5.97 Å². The molecule has 0 aliphatic rings. The molecule has 22 heavy (non-hydrogen) atoms. The number of hydrogen-bond donors (Lipinski definition) is 2. The van der Waals surface area contributed by atoms with Crippen molar-refractivity contribution in [2.75, 3.05) is 0 Å². The lowest BCUT2D eigenvalue weighted by Crippen LogP contribution is -2.41. The molecule has 0 fully saturated rings. The van der Waals surface area contributed by atoms with Crippen molar-refractivity contribution in [3.8, 4) is 0 Å². The van der Waals surface area contributed by atoms with Gasteiger partial charge in [0.25, 0.3) is 0 Å². The first-order chi connectivity index (χ1) is 10.3. The Morgan fingerprint density at radius 2 is 2.05 bits per heavy atom. The monoisotopic (exact) mass is 322 g/mol. The number of carbonyl (C=O) groups is 1. The Morgan fingerprint density at radius 1 is 1.32 bits per heavy atom. The summed E-state index contributed by atoms with van der Waals surface area (Å²) in [5.41, 5.74) is 0.679. The summed E-state index contributed by atoms with van der Waals surface area (Å²) in [4.78, 5) is 15.4. The number of nitrogens with zero attached hydrogens (tertiary/aromatic N) is 1. The molecule has 1 aromatic carbocycles. The molecule has 0 radical (unpaired) electrons. The van der Waals surface area contributed by atoms with Crippen LogP contribution in [0.15, 0.2) is 41.4 Å². The van der Waals surface area contributed by atoms with E-state index in [0.717, 1.165) is 0 Å². The second-order valence-electron chi connectivity index (χ2n) is 5.50. The van der Waals surface area contributed by atoms with Gasteiger partial charge in [-0.3, -0.25) is 9.78 Å². The van der Waals surface area contributed by atoms with Crippen LogP contribution in [0.1, 0.15) is 20.3 Å². The normalized spacial score (nSPS) is 13.4. The summed E-state index contributed by atoms with van der Waals surface area (Å²) in [6.45, 7) is 3.68. The minimum absolute atomic E-state index is 0.0306. The van der Waals surface area contributed by atoms with Crippen LogP contribution in [0.2, 0.25) is 0 Å². The second kappa shape index (κ2) is 6.41. The molecule has 2 N–H and O–H groups in total. The maximum atomic E-state index is 12.4. The van der Waals surface area contributed by atoms with Gasteiger partial charge in [-0.05, 0) is 36.6 Å². The van der Waals surface area contributed by atoms with Crippen LogP contribution in [0.4, 0.5) is 0 Å². The van der Waals surface area contributed by atoms with E-state index in [0.29, 0.717) is 10.9 Å². The molecule has 0 amide bonds. The van der Waals surface area contributed by atoms with Gasteiger partial charge < -0.3 is 5.11 Å². The number of aliphatic carboxylic acids is 1. The summed E-state index contributed by atoms with van der Waals surface area (Å²) < 4.78 is 27.0. The van der Waals surface area contributed by atoms with E-state index in [1.807, 2.05) is 13.8 Å². The molecule has 6 nitrogen and oxygen atoms in total. The number of hydrogen-bond acceptors (Lipinski definition) is 4. The van der Waals surface area contributed by atoms with Crippen molar-refractivity contribution in [1.29, 1.82) is 0 Å². The summed E-state index contributed by atoms with van der Waals surface area (Å²) in [5.74, 6) is -1.12. The van der Waals surface area contributed by atoms with Crippen LogP contribution in [-0.4, -0.2) is 30.5 Å². The number of fused-ring (bicyclic) bond motifs is 1. The summed E-state index contributed by atoms with van der Waals surface area (Å²) in [7, 11) is -3.90. The lowest BCUT2D eigenvalue weighted by atomic mass is 10.1. The number of rotatable bonds is 6. The van der Waals surface area contributed by atoms with E-state index in [9.17, 15) is 13.2 Å². The maximum Gasteiger partial charge on any atom is 0.321 e. The van der Waals surface area contributed by atoms with Gasteiger partial charge in [0.1, 0.15) is 6.04 Å². The van der Waals surface area contributed by atoms with E-state index in [2.05, 4.69) is 9.71 Å². The van der Waals surface area contributed by atoms with Crippen LogP contribution < -0.4 is 4.72 Å². The zero-order chi connectivity index (χ0) is 16.3. The minimum atomic E-state index is -3.90. The molecule has 0 aliphatic carbocycles. The first-order valence-corrected chi connectivity index (χ1v) is 8.38. The van der Waals surface area contributed by atoms with E-state index in [-0.39, 0.29) is 17.2 Å². The third-order valence-electron chi connectivity index (χ3n) is 3.19. The predicted molar refractivity (Wildman–Crippen MR) is 82.9 cm³/mol. The second-order valence-corrected chi connectivity index (χ2v) is 7.21. The topological polar surface area (TPSA) is 96.4 Å². The van der Waals surface area contributed by atoms with Crippen molar-refractivity contribution >= 4 is 26.9 Å². The largest absolute Gasteiger partial charge is 0.480 e. The lowest BCUT2D eigenvalue weighted by molar-refractivity contribution is -0.139. The lowest BCUT2D eigenvalue weighted by Gasteiger charge is -2.16. The summed E-state index contributed by atoms with van der Waals surface area (Å²) in [6.07, 6.45) is 1.85. The average molecular weight is 322 g/mol. The number of pyridine rings is 1. The Labute approximate surface area is 129 Å². The van der Waals surface area contributed by atoms with E-state index in [1.54, 1.807) is 24.4 Å². The van der Waals surface area contributed by atoms with Crippen molar-refractivity contribution in [3.63, 3.8) is 0 Å². The average Bonchev–Trinajstić information content (AvgIpc) is 2.45. The molecule has 2 aromatic rings. The van der Waals surface area contributed by atoms with Crippen LogP contribution in [0.5, 0.6) is 0 Å². The Hall–Kier alpha value is -1.99. The van der Waals surface area contributed by atoms with Gasteiger partial charge in [0.2, 0.25) is 10.0 Å². The zero-order valence-electron chi connectivity index (χ0n) is 12.4. The van der Waals surface area contributed by atoms with Crippen molar-refractivity contribution in [1.82, 2.24) is 9.71 Å². The number of benzene rings is 1. The molecule has 1 heterocycles. The fourth-order valence-electron chi connectivity index (χ4n) is 2.15. The molecular formula is C15H18N2O4S. The van der Waals surface area contributed by atoms with Gasteiger partial charge in [-0.2, -0.15) is 4.72 Å². The SMILES string of the molecule is CC(C)C[C@@H](NS(=O)(=O)c1ccc2ncccc2c1)C(=O)O. The van der Waals surface area contributed by atoms with E-state index in [4.69, 9.17) is 5.11 Å². The number of carboxylic acid groups (broad SMARTS) is 1. The quantitative estimate of drug-likeness (QED) is 0.848. The Morgan fingerprint density at radius 3 is 2.68 bits per heavy atom. The van der Waals surface area contributed by atoms with Gasteiger partial charge in [-0.15, -0.1) is 0 Å². The maximum absolute atomic E-state index is 12.4. The molecule has 0 unspecified atom stereocenters. The summed E-state index contributed by atoms with van der Waals surface area (Å²) in [5, 5.41) is 9.85. The van der Waals surface area contributed by atoms with Gasteiger partial charge in [0.15, 0.2) is 0 Å². The Balaban J connectivity index is 2.33. The van der Waals surface area contributed by atoms with Crippen molar-refractivity contribution in [2.45, 2.75) is 31.2 Å². The number of nitrogens with one attached hydrogen (secondary N) is 1.